The number of hydrogen-bond donors (Lipinski definition) is 1. The zero-order valence-electron chi connectivity index (χ0n) is 15.3. The predicted octanol–water partition coefficient (Wildman–Crippen LogP) is 2.44. The van der Waals surface area contributed by atoms with Crippen molar-refractivity contribution in [3.8, 4) is 0 Å². The van der Waals surface area contributed by atoms with Crippen LogP contribution in [0.15, 0.2) is 39.8 Å². The number of aromatic nitrogens is 2. The Morgan fingerprint density at radius 3 is 2.86 bits per heavy atom. The third-order valence-electron chi connectivity index (χ3n) is 4.03. The molecule has 0 spiro atoms. The van der Waals surface area contributed by atoms with E-state index in [1.165, 1.54) is 6.33 Å². The molecule has 0 saturated carbocycles. The minimum Gasteiger partial charge on any atom is -0.462 e. The first-order valence-electron chi connectivity index (χ1n) is 8.57. The smallest absolute Gasteiger partial charge is 0.342 e. The molecule has 0 radical (unpaired) electrons. The van der Waals surface area contributed by atoms with E-state index in [2.05, 4.69) is 10.3 Å². The molecule has 1 aromatic carbocycles. The van der Waals surface area contributed by atoms with Crippen LogP contribution in [0.5, 0.6) is 0 Å². The first-order chi connectivity index (χ1) is 13.4. The number of nitrogens with one attached hydrogen (secondary N) is 1. The van der Waals surface area contributed by atoms with Gasteiger partial charge in [-0.1, -0.05) is 23.7 Å². The van der Waals surface area contributed by atoms with E-state index in [1.807, 2.05) is 6.07 Å². The van der Waals surface area contributed by atoms with Crippen molar-refractivity contribution in [2.75, 3.05) is 6.61 Å². The van der Waals surface area contributed by atoms with Gasteiger partial charge in [-0.15, -0.1) is 0 Å². The van der Waals surface area contributed by atoms with E-state index in [9.17, 15) is 14.4 Å². The average molecular weight is 404 g/mol. The number of ether oxygens (including phenoxy) is 1. The molecule has 0 aliphatic carbocycles. The van der Waals surface area contributed by atoms with E-state index in [1.54, 1.807) is 32.0 Å². The molecular weight excluding hydrogens is 386 g/mol. The monoisotopic (exact) mass is 403 g/mol. The summed E-state index contributed by atoms with van der Waals surface area (Å²) in [7, 11) is 0. The second-order valence-corrected chi connectivity index (χ2v) is 6.45. The molecular formula is C19H18ClN3O5. The molecule has 0 saturated heterocycles. The van der Waals surface area contributed by atoms with Gasteiger partial charge in [-0.3, -0.25) is 14.2 Å². The normalized spacial score (nSPS) is 10.8. The maximum absolute atomic E-state index is 12.8. The molecule has 1 amide bonds. The summed E-state index contributed by atoms with van der Waals surface area (Å²) < 4.78 is 11.5. The minimum absolute atomic E-state index is 0.00101. The maximum Gasteiger partial charge on any atom is 0.342 e. The molecule has 0 unspecified atom stereocenters. The Kier molecular flexibility index (Phi) is 5.79. The molecule has 2 heterocycles. The summed E-state index contributed by atoms with van der Waals surface area (Å²) in [5.74, 6) is -0.817. The number of carbonyl (C=O) groups excluding carboxylic acids is 2. The SMILES string of the molecule is CCOC(=O)c1c(C)oc2ncn(CC(=O)NCc3cccc(Cl)c3)c(=O)c12. The number of nitrogens with zero attached hydrogens (tertiary/aromatic N) is 2. The summed E-state index contributed by atoms with van der Waals surface area (Å²) in [5, 5.41) is 3.28. The van der Waals surface area contributed by atoms with Crippen molar-refractivity contribution < 1.29 is 18.7 Å². The number of fused-ring (bicyclic) bond motifs is 1. The van der Waals surface area contributed by atoms with Gasteiger partial charge in [0.15, 0.2) is 0 Å². The lowest BCUT2D eigenvalue weighted by Crippen LogP contribution is -2.32. The highest BCUT2D eigenvalue weighted by molar-refractivity contribution is 6.30. The number of carbonyl (C=O) groups is 2. The Labute approximate surface area is 165 Å². The highest BCUT2D eigenvalue weighted by atomic mass is 35.5. The molecule has 28 heavy (non-hydrogen) atoms. The van der Waals surface area contributed by atoms with Gasteiger partial charge >= 0.3 is 5.97 Å². The summed E-state index contributed by atoms with van der Waals surface area (Å²) in [6.07, 6.45) is 1.21. The lowest BCUT2D eigenvalue weighted by molar-refractivity contribution is -0.121. The summed E-state index contributed by atoms with van der Waals surface area (Å²) >= 11 is 5.92. The molecule has 2 aromatic heterocycles. The van der Waals surface area contributed by atoms with Gasteiger partial charge in [-0.2, -0.15) is 0 Å². The molecule has 0 fully saturated rings. The largest absolute Gasteiger partial charge is 0.462 e. The van der Waals surface area contributed by atoms with Gasteiger partial charge < -0.3 is 14.5 Å². The minimum atomic E-state index is -0.666. The number of esters is 1. The van der Waals surface area contributed by atoms with Crippen molar-refractivity contribution in [2.45, 2.75) is 26.9 Å². The third-order valence-corrected chi connectivity index (χ3v) is 4.26. The van der Waals surface area contributed by atoms with Crippen LogP contribution in [0.1, 0.15) is 28.6 Å². The second kappa shape index (κ2) is 8.26. The van der Waals surface area contributed by atoms with Crippen LogP contribution < -0.4 is 10.9 Å². The van der Waals surface area contributed by atoms with Gasteiger partial charge in [0.05, 0.1) is 6.61 Å². The van der Waals surface area contributed by atoms with Crippen molar-refractivity contribution in [1.82, 2.24) is 14.9 Å². The summed E-state index contributed by atoms with van der Waals surface area (Å²) in [4.78, 5) is 41.2. The van der Waals surface area contributed by atoms with Crippen molar-refractivity contribution in [1.29, 1.82) is 0 Å². The lowest BCUT2D eigenvalue weighted by atomic mass is 10.2. The number of hydrogen-bond acceptors (Lipinski definition) is 6. The van der Waals surface area contributed by atoms with Crippen LogP contribution in [0.2, 0.25) is 5.02 Å². The van der Waals surface area contributed by atoms with Crippen LogP contribution in [0.4, 0.5) is 0 Å². The van der Waals surface area contributed by atoms with E-state index < -0.39 is 11.5 Å². The Balaban J connectivity index is 1.82. The van der Waals surface area contributed by atoms with Gasteiger partial charge in [-0.25, -0.2) is 9.78 Å². The van der Waals surface area contributed by atoms with Crippen molar-refractivity contribution >= 4 is 34.6 Å². The zero-order valence-corrected chi connectivity index (χ0v) is 16.1. The fourth-order valence-electron chi connectivity index (χ4n) is 2.76. The van der Waals surface area contributed by atoms with E-state index >= 15 is 0 Å². The number of amides is 1. The molecule has 0 aliphatic rings. The van der Waals surface area contributed by atoms with Crippen LogP contribution in [-0.4, -0.2) is 28.0 Å². The number of rotatable bonds is 6. The van der Waals surface area contributed by atoms with Gasteiger partial charge in [0.25, 0.3) is 5.56 Å². The lowest BCUT2D eigenvalue weighted by Gasteiger charge is -2.08. The topological polar surface area (TPSA) is 103 Å². The van der Waals surface area contributed by atoms with E-state index in [0.717, 1.165) is 10.1 Å². The Morgan fingerprint density at radius 1 is 1.36 bits per heavy atom. The number of halogens is 1. The standard InChI is InChI=1S/C19H18ClN3O5/c1-3-27-19(26)15-11(2)28-17-16(15)18(25)23(10-22-17)9-14(24)21-8-12-5-4-6-13(20)7-12/h4-7,10H,3,8-9H2,1-2H3,(H,21,24). The second-order valence-electron chi connectivity index (χ2n) is 6.02. The number of aryl methyl sites for hydroxylation is 1. The van der Waals surface area contributed by atoms with Crippen LogP contribution in [-0.2, 0) is 22.6 Å². The van der Waals surface area contributed by atoms with Crippen LogP contribution in [0.25, 0.3) is 11.1 Å². The van der Waals surface area contributed by atoms with Crippen LogP contribution in [0, 0.1) is 6.92 Å². The van der Waals surface area contributed by atoms with Crippen molar-refractivity contribution in [2.24, 2.45) is 0 Å². The van der Waals surface area contributed by atoms with E-state index in [-0.39, 0.29) is 48.0 Å². The van der Waals surface area contributed by atoms with Gasteiger partial charge in [-0.05, 0) is 31.5 Å². The summed E-state index contributed by atoms with van der Waals surface area (Å²) in [6, 6.07) is 7.08. The van der Waals surface area contributed by atoms with Gasteiger partial charge in [0.1, 0.15) is 29.6 Å². The van der Waals surface area contributed by atoms with Crippen LogP contribution in [0.3, 0.4) is 0 Å². The number of furan rings is 1. The molecule has 0 atom stereocenters. The fourth-order valence-corrected chi connectivity index (χ4v) is 2.97. The fraction of sp³-hybridized carbons (Fsp3) is 0.263. The van der Waals surface area contributed by atoms with E-state index in [0.29, 0.717) is 5.02 Å². The zero-order chi connectivity index (χ0) is 20.3. The van der Waals surface area contributed by atoms with Gasteiger partial charge in [0.2, 0.25) is 11.6 Å². The molecule has 3 aromatic rings. The molecule has 8 nitrogen and oxygen atoms in total. The summed E-state index contributed by atoms with van der Waals surface area (Å²) in [6.45, 7) is 3.38. The highest BCUT2D eigenvalue weighted by Crippen LogP contribution is 2.21. The summed E-state index contributed by atoms with van der Waals surface area (Å²) in [5.41, 5.74) is 0.337. The predicted molar refractivity (Wildman–Crippen MR) is 102 cm³/mol. The highest BCUT2D eigenvalue weighted by Gasteiger charge is 2.24. The molecule has 0 bridgehead atoms. The van der Waals surface area contributed by atoms with Crippen LogP contribution >= 0.6 is 11.6 Å². The molecule has 9 heteroatoms. The Morgan fingerprint density at radius 2 is 2.14 bits per heavy atom. The first-order valence-corrected chi connectivity index (χ1v) is 8.95. The Bertz CT molecular complexity index is 1100. The van der Waals surface area contributed by atoms with E-state index in [4.69, 9.17) is 20.8 Å². The quantitative estimate of drug-likeness (QED) is 0.634. The van der Waals surface area contributed by atoms with Crippen molar-refractivity contribution in [3.05, 3.63) is 62.9 Å². The first kappa shape index (κ1) is 19.6. The van der Waals surface area contributed by atoms with Gasteiger partial charge in [0, 0.05) is 11.6 Å². The molecule has 1 N–H and O–H groups in total. The molecule has 146 valence electrons. The average Bonchev–Trinajstić information content (AvgIpc) is 2.99. The molecule has 0 aliphatic heterocycles. The molecule has 3 rings (SSSR count). The van der Waals surface area contributed by atoms with Crippen molar-refractivity contribution in [3.63, 3.8) is 0 Å². The maximum atomic E-state index is 12.8. The third kappa shape index (κ3) is 4.07. The Hall–Kier alpha value is -3.13. The number of benzene rings is 1.